The molecule has 2 heterocycles. The Balaban J connectivity index is 1.57. The summed E-state index contributed by atoms with van der Waals surface area (Å²) < 4.78 is 0. The van der Waals surface area contributed by atoms with E-state index in [1.165, 1.54) is 28.7 Å². The van der Waals surface area contributed by atoms with Gasteiger partial charge < -0.3 is 10.3 Å². The Morgan fingerprint density at radius 2 is 1.91 bits per heavy atom. The zero-order valence-corrected chi connectivity index (χ0v) is 22.0. The molecule has 0 saturated carbocycles. The van der Waals surface area contributed by atoms with Gasteiger partial charge in [-0.05, 0) is 41.7 Å². The monoisotopic (exact) mass is 531 g/mol. The fourth-order valence-corrected chi connectivity index (χ4v) is 5.87. The van der Waals surface area contributed by atoms with Crippen LogP contribution in [0.5, 0.6) is 0 Å². The van der Waals surface area contributed by atoms with Crippen molar-refractivity contribution in [3.05, 3.63) is 73.8 Å². The number of carbonyl (C=O) groups excluding carboxylic acids is 1. The van der Waals surface area contributed by atoms with Gasteiger partial charge >= 0.3 is 0 Å². The summed E-state index contributed by atoms with van der Waals surface area (Å²) in [5.41, 5.74) is 3.36. The normalized spacial score (nSPS) is 12.3. The van der Waals surface area contributed by atoms with E-state index in [2.05, 4.69) is 41.3 Å². The highest BCUT2D eigenvalue weighted by Gasteiger charge is 2.22. The molecule has 1 amide bonds. The van der Waals surface area contributed by atoms with Crippen LogP contribution in [-0.2, 0) is 4.79 Å². The van der Waals surface area contributed by atoms with Crippen LogP contribution in [0.15, 0.2) is 57.8 Å². The number of fused-ring (bicyclic) bond motifs is 1. The molecule has 0 aliphatic rings. The maximum atomic E-state index is 13.0. The molecule has 176 valence electrons. The molecule has 2 N–H and O–H groups in total. The highest BCUT2D eigenvalue weighted by atomic mass is 35.5. The molecule has 0 bridgehead atoms. The molecule has 5 nitrogen and oxygen atoms in total. The number of H-pyrrole nitrogens is 1. The first-order chi connectivity index (χ1) is 16.3. The van der Waals surface area contributed by atoms with E-state index in [0.29, 0.717) is 43.4 Å². The van der Waals surface area contributed by atoms with Gasteiger partial charge in [-0.1, -0.05) is 80.0 Å². The maximum absolute atomic E-state index is 13.0. The van der Waals surface area contributed by atoms with Gasteiger partial charge in [0.25, 0.3) is 5.56 Å². The van der Waals surface area contributed by atoms with Crippen LogP contribution in [0.25, 0.3) is 21.3 Å². The smallest absolute Gasteiger partial charge is 0.260 e. The SMILES string of the molecule is CCC(Sc1nc2scc(-c3ccc(C(C)C)cc3)c2c(=O)[nH]1)C(=O)Nc1ccc(Cl)cc1Cl. The zero-order chi connectivity index (χ0) is 24.4. The van der Waals surface area contributed by atoms with Gasteiger partial charge in [-0.2, -0.15) is 0 Å². The van der Waals surface area contributed by atoms with Crippen molar-refractivity contribution >= 4 is 68.1 Å². The van der Waals surface area contributed by atoms with Gasteiger partial charge in [-0.15, -0.1) is 11.3 Å². The standard InChI is InChI=1S/C25H23Cl2N3O2S2/c1-4-20(22(31)28-19-10-9-16(26)11-18(19)27)34-25-29-23(32)21-17(12-33-24(21)30-25)15-7-5-14(6-8-15)13(2)3/h5-13,20H,4H2,1-3H3,(H,28,31)(H,29,30,32). The zero-order valence-electron chi connectivity index (χ0n) is 18.8. The number of anilines is 1. The maximum Gasteiger partial charge on any atom is 0.260 e. The predicted octanol–water partition coefficient (Wildman–Crippen LogP) is 7.59. The Morgan fingerprint density at radius 3 is 2.56 bits per heavy atom. The number of nitrogens with one attached hydrogen (secondary N) is 2. The molecule has 4 aromatic rings. The second-order valence-corrected chi connectivity index (χ2v) is 11.0. The van der Waals surface area contributed by atoms with Crippen LogP contribution in [-0.4, -0.2) is 21.1 Å². The molecule has 9 heteroatoms. The van der Waals surface area contributed by atoms with Crippen LogP contribution >= 0.6 is 46.3 Å². The molecule has 34 heavy (non-hydrogen) atoms. The molecule has 0 aliphatic carbocycles. The summed E-state index contributed by atoms with van der Waals surface area (Å²) in [6, 6.07) is 13.2. The van der Waals surface area contributed by atoms with Gasteiger partial charge in [-0.25, -0.2) is 4.98 Å². The number of hydrogen-bond acceptors (Lipinski definition) is 5. The molecule has 0 saturated heterocycles. The highest BCUT2D eigenvalue weighted by molar-refractivity contribution is 8.00. The number of thiophene rings is 1. The van der Waals surface area contributed by atoms with Crippen molar-refractivity contribution in [3.8, 4) is 11.1 Å². The van der Waals surface area contributed by atoms with Crippen LogP contribution in [0.3, 0.4) is 0 Å². The predicted molar refractivity (Wildman–Crippen MR) is 145 cm³/mol. The summed E-state index contributed by atoms with van der Waals surface area (Å²) in [5.74, 6) is 0.217. The molecule has 0 spiro atoms. The summed E-state index contributed by atoms with van der Waals surface area (Å²) in [7, 11) is 0. The molecule has 4 rings (SSSR count). The second kappa shape index (κ2) is 10.5. The van der Waals surface area contributed by atoms with E-state index in [4.69, 9.17) is 23.2 Å². The topological polar surface area (TPSA) is 74.8 Å². The Hall–Kier alpha value is -2.32. The number of nitrogens with zero attached hydrogens (tertiary/aromatic N) is 1. The number of rotatable bonds is 7. The minimum absolute atomic E-state index is 0.215. The highest BCUT2D eigenvalue weighted by Crippen LogP contribution is 2.33. The number of amides is 1. The third-order valence-corrected chi connectivity index (χ3v) is 8.09. The van der Waals surface area contributed by atoms with Crippen molar-refractivity contribution in [1.29, 1.82) is 0 Å². The minimum Gasteiger partial charge on any atom is -0.324 e. The van der Waals surface area contributed by atoms with Crippen LogP contribution in [0, 0.1) is 0 Å². The van der Waals surface area contributed by atoms with E-state index >= 15 is 0 Å². The second-order valence-electron chi connectivity index (χ2n) is 8.11. The van der Waals surface area contributed by atoms with E-state index in [-0.39, 0.29) is 11.5 Å². The molecule has 0 fully saturated rings. The van der Waals surface area contributed by atoms with Gasteiger partial charge in [-0.3, -0.25) is 9.59 Å². The van der Waals surface area contributed by atoms with Gasteiger partial charge in [0.1, 0.15) is 4.83 Å². The molecular formula is C25H23Cl2N3O2S2. The van der Waals surface area contributed by atoms with E-state index in [0.717, 1.165) is 11.1 Å². The van der Waals surface area contributed by atoms with Gasteiger partial charge in [0, 0.05) is 16.0 Å². The number of carbonyl (C=O) groups is 1. The first-order valence-electron chi connectivity index (χ1n) is 10.8. The molecule has 1 unspecified atom stereocenters. The van der Waals surface area contributed by atoms with Crippen LogP contribution < -0.4 is 10.9 Å². The van der Waals surface area contributed by atoms with Crippen molar-refractivity contribution in [1.82, 2.24) is 9.97 Å². The van der Waals surface area contributed by atoms with E-state index in [1.54, 1.807) is 18.2 Å². The number of thioether (sulfide) groups is 1. The molecule has 0 aliphatic heterocycles. The van der Waals surface area contributed by atoms with Crippen molar-refractivity contribution in [2.45, 2.75) is 43.5 Å². The van der Waals surface area contributed by atoms with Crippen LogP contribution in [0.2, 0.25) is 10.0 Å². The van der Waals surface area contributed by atoms with Crippen molar-refractivity contribution in [2.75, 3.05) is 5.32 Å². The largest absolute Gasteiger partial charge is 0.324 e. The minimum atomic E-state index is -0.463. The molecular weight excluding hydrogens is 509 g/mol. The third-order valence-electron chi connectivity index (χ3n) is 5.42. The molecule has 2 aromatic heterocycles. The van der Waals surface area contributed by atoms with Crippen molar-refractivity contribution in [3.63, 3.8) is 0 Å². The Labute approximate surface area is 215 Å². The quantitative estimate of drug-likeness (QED) is 0.190. The van der Waals surface area contributed by atoms with Crippen LogP contribution in [0.4, 0.5) is 5.69 Å². The number of hydrogen-bond donors (Lipinski definition) is 2. The molecule has 2 aromatic carbocycles. The third kappa shape index (κ3) is 5.33. The van der Waals surface area contributed by atoms with Crippen molar-refractivity contribution in [2.24, 2.45) is 0 Å². The number of aromatic nitrogens is 2. The lowest BCUT2D eigenvalue weighted by molar-refractivity contribution is -0.115. The summed E-state index contributed by atoms with van der Waals surface area (Å²) >= 11 is 14.8. The molecule has 1 atom stereocenters. The average Bonchev–Trinajstić information content (AvgIpc) is 3.24. The van der Waals surface area contributed by atoms with Crippen molar-refractivity contribution < 1.29 is 4.79 Å². The van der Waals surface area contributed by atoms with E-state index in [1.807, 2.05) is 24.4 Å². The summed E-state index contributed by atoms with van der Waals surface area (Å²) in [5, 5.41) is 6.15. The fraction of sp³-hybridized carbons (Fsp3) is 0.240. The van der Waals surface area contributed by atoms with Gasteiger partial charge in [0.15, 0.2) is 5.16 Å². The number of halogens is 2. The Bertz CT molecular complexity index is 1400. The van der Waals surface area contributed by atoms with Gasteiger partial charge in [0.05, 0.1) is 21.3 Å². The Morgan fingerprint density at radius 1 is 1.18 bits per heavy atom. The number of aromatic amines is 1. The lowest BCUT2D eigenvalue weighted by atomic mass is 9.99. The summed E-state index contributed by atoms with van der Waals surface area (Å²) in [4.78, 5) is 34.0. The Kier molecular flexibility index (Phi) is 7.67. The van der Waals surface area contributed by atoms with E-state index in [9.17, 15) is 9.59 Å². The summed E-state index contributed by atoms with van der Waals surface area (Å²) in [6.45, 7) is 6.20. The average molecular weight is 533 g/mol. The fourth-order valence-electron chi connectivity index (χ4n) is 3.51. The van der Waals surface area contributed by atoms with E-state index < -0.39 is 5.25 Å². The number of benzene rings is 2. The first-order valence-corrected chi connectivity index (χ1v) is 13.3. The lowest BCUT2D eigenvalue weighted by Gasteiger charge is -2.15. The lowest BCUT2D eigenvalue weighted by Crippen LogP contribution is -2.25. The first kappa shape index (κ1) is 24.8. The molecule has 0 radical (unpaired) electrons. The van der Waals surface area contributed by atoms with Gasteiger partial charge in [0.2, 0.25) is 5.91 Å². The summed E-state index contributed by atoms with van der Waals surface area (Å²) in [6.07, 6.45) is 0.543. The van der Waals surface area contributed by atoms with Crippen LogP contribution in [0.1, 0.15) is 38.7 Å².